The SMILES string of the molecule is C=C(NC(C)c1ccc(C(=O)O)cc1)c1cc(C(=O)NCc2ccc(F)c(Cl)c2)ncn1.CC. The molecule has 1 unspecified atom stereocenters. The van der Waals surface area contributed by atoms with Gasteiger partial charge in [-0.15, -0.1) is 0 Å². The summed E-state index contributed by atoms with van der Waals surface area (Å²) in [4.78, 5) is 31.6. The Balaban J connectivity index is 0.00000199. The molecule has 2 aromatic carbocycles. The van der Waals surface area contributed by atoms with Gasteiger partial charge in [0, 0.05) is 12.6 Å². The van der Waals surface area contributed by atoms with Crippen LogP contribution in [-0.2, 0) is 6.54 Å². The summed E-state index contributed by atoms with van der Waals surface area (Å²) < 4.78 is 13.3. The predicted octanol–water partition coefficient (Wildman–Crippen LogP) is 5.25. The van der Waals surface area contributed by atoms with Crippen molar-refractivity contribution in [2.75, 3.05) is 0 Å². The Labute approximate surface area is 202 Å². The number of nitrogens with one attached hydrogen (secondary N) is 2. The smallest absolute Gasteiger partial charge is 0.335 e. The average molecular weight is 485 g/mol. The Bertz CT molecular complexity index is 1170. The van der Waals surface area contributed by atoms with Crippen LogP contribution < -0.4 is 10.6 Å². The zero-order valence-corrected chi connectivity index (χ0v) is 19.9. The molecule has 178 valence electrons. The van der Waals surface area contributed by atoms with E-state index in [9.17, 15) is 14.0 Å². The maximum Gasteiger partial charge on any atom is 0.335 e. The van der Waals surface area contributed by atoms with Crippen molar-refractivity contribution in [1.82, 2.24) is 20.6 Å². The highest BCUT2D eigenvalue weighted by Gasteiger charge is 2.13. The largest absolute Gasteiger partial charge is 0.478 e. The summed E-state index contributed by atoms with van der Waals surface area (Å²) >= 11 is 5.76. The van der Waals surface area contributed by atoms with Crippen molar-refractivity contribution in [1.29, 1.82) is 0 Å². The van der Waals surface area contributed by atoms with Crippen molar-refractivity contribution >= 4 is 29.2 Å². The predicted molar refractivity (Wildman–Crippen MR) is 130 cm³/mol. The lowest BCUT2D eigenvalue weighted by Crippen LogP contribution is -2.24. The van der Waals surface area contributed by atoms with Crippen LogP contribution in [0, 0.1) is 5.82 Å². The fourth-order valence-corrected chi connectivity index (χ4v) is 3.11. The maximum absolute atomic E-state index is 13.3. The molecule has 0 saturated heterocycles. The van der Waals surface area contributed by atoms with E-state index in [0.29, 0.717) is 17.0 Å². The first-order valence-electron chi connectivity index (χ1n) is 10.6. The van der Waals surface area contributed by atoms with Crippen LogP contribution in [0.5, 0.6) is 0 Å². The fourth-order valence-electron chi connectivity index (χ4n) is 2.90. The van der Waals surface area contributed by atoms with Gasteiger partial charge in [-0.3, -0.25) is 4.79 Å². The number of hydrogen-bond donors (Lipinski definition) is 3. The highest BCUT2D eigenvalue weighted by Crippen LogP contribution is 2.18. The van der Waals surface area contributed by atoms with Gasteiger partial charge in [0.15, 0.2) is 0 Å². The summed E-state index contributed by atoms with van der Waals surface area (Å²) in [5, 5.41) is 14.9. The minimum absolute atomic E-state index is 0.0184. The van der Waals surface area contributed by atoms with Gasteiger partial charge in [0.1, 0.15) is 17.8 Å². The van der Waals surface area contributed by atoms with Crippen molar-refractivity contribution < 1.29 is 19.1 Å². The van der Waals surface area contributed by atoms with E-state index < -0.39 is 17.7 Å². The van der Waals surface area contributed by atoms with Gasteiger partial charge < -0.3 is 15.7 Å². The van der Waals surface area contributed by atoms with Crippen molar-refractivity contribution in [3.05, 3.63) is 100 Å². The number of hydrogen-bond acceptors (Lipinski definition) is 5. The third-order valence-electron chi connectivity index (χ3n) is 4.69. The molecular weight excluding hydrogens is 459 g/mol. The molecule has 1 amide bonds. The fraction of sp³-hybridized carbons (Fsp3) is 0.200. The monoisotopic (exact) mass is 484 g/mol. The van der Waals surface area contributed by atoms with Gasteiger partial charge in [-0.05, 0) is 48.4 Å². The Hall–Kier alpha value is -3.78. The first-order chi connectivity index (χ1) is 16.2. The highest BCUT2D eigenvalue weighted by molar-refractivity contribution is 6.30. The topological polar surface area (TPSA) is 104 Å². The number of aromatic nitrogens is 2. The van der Waals surface area contributed by atoms with Crippen molar-refractivity contribution in [2.45, 2.75) is 33.4 Å². The summed E-state index contributed by atoms with van der Waals surface area (Å²) in [6.45, 7) is 10.0. The van der Waals surface area contributed by atoms with E-state index in [1.165, 1.54) is 42.7 Å². The lowest BCUT2D eigenvalue weighted by molar-refractivity contribution is 0.0696. The van der Waals surface area contributed by atoms with Crippen LogP contribution in [0.2, 0.25) is 5.02 Å². The zero-order valence-electron chi connectivity index (χ0n) is 19.1. The summed E-state index contributed by atoms with van der Waals surface area (Å²) in [6.07, 6.45) is 1.26. The molecule has 3 aromatic rings. The molecule has 0 fully saturated rings. The van der Waals surface area contributed by atoms with Crippen LogP contribution in [0.15, 0.2) is 61.4 Å². The van der Waals surface area contributed by atoms with Crippen LogP contribution in [0.1, 0.15) is 64.5 Å². The van der Waals surface area contributed by atoms with Gasteiger partial charge in [0.2, 0.25) is 0 Å². The van der Waals surface area contributed by atoms with Gasteiger partial charge in [-0.2, -0.15) is 0 Å². The minimum atomic E-state index is -0.990. The Morgan fingerprint density at radius 1 is 1.09 bits per heavy atom. The summed E-state index contributed by atoms with van der Waals surface area (Å²) in [6, 6.07) is 12.0. The molecule has 0 saturated carbocycles. The third kappa shape index (κ3) is 7.11. The number of carbonyl (C=O) groups is 2. The molecule has 0 aliphatic heterocycles. The number of benzene rings is 2. The molecule has 1 aromatic heterocycles. The lowest BCUT2D eigenvalue weighted by Gasteiger charge is -2.17. The number of rotatable bonds is 8. The number of amides is 1. The van der Waals surface area contributed by atoms with E-state index in [2.05, 4.69) is 27.2 Å². The average Bonchev–Trinajstić information content (AvgIpc) is 2.85. The number of aromatic carboxylic acids is 1. The van der Waals surface area contributed by atoms with Crippen LogP contribution in [-0.4, -0.2) is 27.0 Å². The van der Waals surface area contributed by atoms with Crippen LogP contribution in [0.3, 0.4) is 0 Å². The second kappa shape index (κ2) is 12.5. The van der Waals surface area contributed by atoms with Crippen LogP contribution >= 0.6 is 11.6 Å². The number of carbonyl (C=O) groups excluding carboxylic acids is 1. The number of carboxylic acid groups (broad SMARTS) is 1. The maximum atomic E-state index is 13.3. The van der Waals surface area contributed by atoms with Crippen molar-refractivity contribution in [3.8, 4) is 0 Å². The van der Waals surface area contributed by atoms with E-state index in [1.807, 2.05) is 20.8 Å². The van der Waals surface area contributed by atoms with E-state index in [1.54, 1.807) is 12.1 Å². The quantitative estimate of drug-likeness (QED) is 0.403. The summed E-state index contributed by atoms with van der Waals surface area (Å²) in [5.74, 6) is -1.95. The molecule has 34 heavy (non-hydrogen) atoms. The number of halogens is 2. The lowest BCUT2D eigenvalue weighted by atomic mass is 10.1. The molecule has 1 heterocycles. The van der Waals surface area contributed by atoms with Crippen molar-refractivity contribution in [2.24, 2.45) is 0 Å². The van der Waals surface area contributed by atoms with Gasteiger partial charge in [0.05, 0.1) is 22.0 Å². The zero-order chi connectivity index (χ0) is 25.3. The van der Waals surface area contributed by atoms with Crippen LogP contribution in [0.4, 0.5) is 4.39 Å². The molecule has 1 atom stereocenters. The molecule has 0 aliphatic carbocycles. The standard InChI is InChI=1S/C23H20ClFN4O3.C2H6/c1-13(16-4-6-17(7-5-16)23(31)32)29-14(2)20-10-21(28-12-27-20)22(30)26-11-15-3-8-19(25)18(24)9-15;1-2/h3-10,12-13,29H,2,11H2,1H3,(H,26,30)(H,31,32);1-2H3. The molecule has 7 nitrogen and oxygen atoms in total. The molecule has 0 radical (unpaired) electrons. The second-order valence-corrected chi connectivity index (χ2v) is 7.40. The molecule has 0 bridgehead atoms. The molecule has 0 aliphatic rings. The number of nitrogens with zero attached hydrogens (tertiary/aromatic N) is 2. The van der Waals surface area contributed by atoms with Gasteiger partial charge >= 0.3 is 5.97 Å². The Morgan fingerprint density at radius 2 is 1.74 bits per heavy atom. The van der Waals surface area contributed by atoms with Crippen LogP contribution in [0.25, 0.3) is 5.70 Å². The second-order valence-electron chi connectivity index (χ2n) is 6.99. The molecular formula is C25H26ClFN4O3. The first kappa shape index (κ1) is 26.5. The Morgan fingerprint density at radius 3 is 2.35 bits per heavy atom. The summed E-state index contributed by atoms with van der Waals surface area (Å²) in [5.41, 5.74) is 2.76. The van der Waals surface area contributed by atoms with E-state index in [4.69, 9.17) is 16.7 Å². The normalized spacial score (nSPS) is 11.0. The minimum Gasteiger partial charge on any atom is -0.478 e. The van der Waals surface area contributed by atoms with E-state index >= 15 is 0 Å². The molecule has 0 spiro atoms. The third-order valence-corrected chi connectivity index (χ3v) is 4.98. The molecule has 9 heteroatoms. The molecule has 3 N–H and O–H groups in total. The van der Waals surface area contributed by atoms with Gasteiger partial charge in [-0.25, -0.2) is 19.2 Å². The van der Waals surface area contributed by atoms with Gasteiger partial charge in [0.25, 0.3) is 5.91 Å². The summed E-state index contributed by atoms with van der Waals surface area (Å²) in [7, 11) is 0. The van der Waals surface area contributed by atoms with E-state index in [0.717, 1.165) is 5.56 Å². The molecule has 3 rings (SSSR count). The van der Waals surface area contributed by atoms with E-state index in [-0.39, 0.29) is 28.9 Å². The first-order valence-corrected chi connectivity index (χ1v) is 11.0. The van der Waals surface area contributed by atoms with Gasteiger partial charge in [-0.1, -0.05) is 50.2 Å². The van der Waals surface area contributed by atoms with Crippen molar-refractivity contribution in [3.63, 3.8) is 0 Å². The Kier molecular flexibility index (Phi) is 9.70. The number of carboxylic acids is 1. The highest BCUT2D eigenvalue weighted by atomic mass is 35.5.